The van der Waals surface area contributed by atoms with Crippen molar-refractivity contribution in [2.45, 2.75) is 33.7 Å². The molecule has 0 saturated heterocycles. The number of rotatable bonds is 12. The summed E-state index contributed by atoms with van der Waals surface area (Å²) in [6.45, 7) is 16.3. The van der Waals surface area contributed by atoms with Gasteiger partial charge in [-0.05, 0) is 55.3 Å². The number of nitrogens with zero attached hydrogens (tertiary/aromatic N) is 1. The summed E-state index contributed by atoms with van der Waals surface area (Å²) in [5.41, 5.74) is 3.52. The number of ether oxygens (including phenoxy) is 2. The Morgan fingerprint density at radius 2 is 1.97 bits per heavy atom. The van der Waals surface area contributed by atoms with Crippen LogP contribution in [0.2, 0.25) is 0 Å². The first kappa shape index (κ1) is 24.7. The molecule has 0 amide bonds. The highest BCUT2D eigenvalue weighted by molar-refractivity contribution is 5.61. The lowest BCUT2D eigenvalue weighted by Gasteiger charge is -2.27. The van der Waals surface area contributed by atoms with E-state index in [2.05, 4.69) is 86.1 Å². The normalized spacial score (nSPS) is 13.6. The van der Waals surface area contributed by atoms with E-state index in [9.17, 15) is 0 Å². The SMILES string of the molecule is C=C/C(=c1/cccc/c1=C/C)C(C)NCCN(CCOC)c1ccc(C)c(OCC)c1. The van der Waals surface area contributed by atoms with Gasteiger partial charge in [0.05, 0.1) is 13.2 Å². The van der Waals surface area contributed by atoms with Crippen molar-refractivity contribution in [3.8, 4) is 5.75 Å². The van der Waals surface area contributed by atoms with Crippen LogP contribution < -0.4 is 25.4 Å². The molecule has 1 atom stereocenters. The Hall–Kier alpha value is -2.56. The number of aryl methyl sites for hydroxylation is 1. The number of hydrogen-bond acceptors (Lipinski definition) is 4. The Labute approximate surface area is 187 Å². The van der Waals surface area contributed by atoms with Gasteiger partial charge in [0, 0.05) is 44.5 Å². The van der Waals surface area contributed by atoms with E-state index in [-0.39, 0.29) is 6.04 Å². The fourth-order valence-corrected chi connectivity index (χ4v) is 3.73. The van der Waals surface area contributed by atoms with Crippen LogP contribution in [0, 0.1) is 6.92 Å². The molecule has 0 aliphatic rings. The van der Waals surface area contributed by atoms with Crippen molar-refractivity contribution in [2.75, 3.05) is 44.9 Å². The molecule has 4 heteroatoms. The number of nitrogens with one attached hydrogen (secondary N) is 1. The van der Waals surface area contributed by atoms with Gasteiger partial charge in [0.1, 0.15) is 5.75 Å². The highest BCUT2D eigenvalue weighted by Crippen LogP contribution is 2.25. The van der Waals surface area contributed by atoms with Gasteiger partial charge in [-0.15, -0.1) is 0 Å². The maximum Gasteiger partial charge on any atom is 0.124 e. The third-order valence-corrected chi connectivity index (χ3v) is 5.50. The van der Waals surface area contributed by atoms with E-state index in [1.165, 1.54) is 16.0 Å². The van der Waals surface area contributed by atoms with Crippen molar-refractivity contribution in [3.05, 3.63) is 71.1 Å². The molecule has 31 heavy (non-hydrogen) atoms. The lowest BCUT2D eigenvalue weighted by atomic mass is 10.0. The molecule has 1 unspecified atom stereocenters. The lowest BCUT2D eigenvalue weighted by Crippen LogP contribution is -2.40. The van der Waals surface area contributed by atoms with Gasteiger partial charge in [-0.1, -0.05) is 49.1 Å². The third kappa shape index (κ3) is 6.98. The van der Waals surface area contributed by atoms with E-state index in [1.54, 1.807) is 7.11 Å². The maximum atomic E-state index is 5.80. The average Bonchev–Trinajstić information content (AvgIpc) is 2.78. The van der Waals surface area contributed by atoms with Gasteiger partial charge in [0.15, 0.2) is 0 Å². The zero-order chi connectivity index (χ0) is 22.6. The lowest BCUT2D eigenvalue weighted by molar-refractivity contribution is 0.205. The van der Waals surface area contributed by atoms with E-state index in [4.69, 9.17) is 9.47 Å². The second kappa shape index (κ2) is 13.0. The molecule has 2 aromatic carbocycles. The Bertz CT molecular complexity index is 952. The Balaban J connectivity index is 2.15. The van der Waals surface area contributed by atoms with E-state index in [0.29, 0.717) is 13.2 Å². The predicted molar refractivity (Wildman–Crippen MR) is 133 cm³/mol. The number of benzene rings is 2. The van der Waals surface area contributed by atoms with Gasteiger partial charge in [0.2, 0.25) is 0 Å². The van der Waals surface area contributed by atoms with Crippen LogP contribution in [-0.2, 0) is 4.74 Å². The molecular formula is C27H38N2O2. The molecule has 0 aliphatic heterocycles. The van der Waals surface area contributed by atoms with Crippen molar-refractivity contribution in [1.82, 2.24) is 5.32 Å². The van der Waals surface area contributed by atoms with E-state index >= 15 is 0 Å². The van der Waals surface area contributed by atoms with Gasteiger partial charge in [0.25, 0.3) is 0 Å². The van der Waals surface area contributed by atoms with Crippen LogP contribution in [-0.4, -0.2) is 46.0 Å². The van der Waals surface area contributed by atoms with Gasteiger partial charge >= 0.3 is 0 Å². The fraction of sp³-hybridized carbons (Fsp3) is 0.407. The maximum absolute atomic E-state index is 5.80. The van der Waals surface area contributed by atoms with Crippen LogP contribution in [0.3, 0.4) is 0 Å². The molecule has 2 aromatic rings. The van der Waals surface area contributed by atoms with Crippen LogP contribution in [0.4, 0.5) is 5.69 Å². The summed E-state index contributed by atoms with van der Waals surface area (Å²) < 4.78 is 11.1. The molecule has 0 spiro atoms. The summed E-state index contributed by atoms with van der Waals surface area (Å²) in [6.07, 6.45) is 4.11. The largest absolute Gasteiger partial charge is 0.494 e. The Morgan fingerprint density at radius 3 is 2.65 bits per heavy atom. The molecule has 0 fully saturated rings. The van der Waals surface area contributed by atoms with Crippen molar-refractivity contribution in [2.24, 2.45) is 0 Å². The highest BCUT2D eigenvalue weighted by Gasteiger charge is 2.11. The van der Waals surface area contributed by atoms with Gasteiger partial charge in [-0.3, -0.25) is 0 Å². The highest BCUT2D eigenvalue weighted by atomic mass is 16.5. The fourth-order valence-electron chi connectivity index (χ4n) is 3.73. The molecule has 0 aliphatic carbocycles. The van der Waals surface area contributed by atoms with Crippen molar-refractivity contribution in [1.29, 1.82) is 0 Å². The van der Waals surface area contributed by atoms with Crippen molar-refractivity contribution < 1.29 is 9.47 Å². The number of methoxy groups -OCH3 is 1. The monoisotopic (exact) mass is 422 g/mol. The quantitative estimate of drug-likeness (QED) is 0.566. The van der Waals surface area contributed by atoms with Gasteiger partial charge in [-0.25, -0.2) is 0 Å². The summed E-state index contributed by atoms with van der Waals surface area (Å²) in [5, 5.41) is 6.14. The van der Waals surface area contributed by atoms with Crippen LogP contribution in [0.5, 0.6) is 5.75 Å². The minimum absolute atomic E-state index is 0.194. The molecule has 2 rings (SSSR count). The molecule has 168 valence electrons. The molecular weight excluding hydrogens is 384 g/mol. The molecule has 0 bridgehead atoms. The molecule has 4 nitrogen and oxygen atoms in total. The summed E-state index contributed by atoms with van der Waals surface area (Å²) in [6, 6.07) is 15.1. The molecule has 0 aromatic heterocycles. The van der Waals surface area contributed by atoms with Crippen LogP contribution in [0.1, 0.15) is 26.3 Å². The second-order valence-corrected chi connectivity index (χ2v) is 7.57. The summed E-state index contributed by atoms with van der Waals surface area (Å²) in [7, 11) is 1.74. The van der Waals surface area contributed by atoms with Crippen molar-refractivity contribution >= 4 is 17.3 Å². The first-order chi connectivity index (χ1) is 15.0. The second-order valence-electron chi connectivity index (χ2n) is 7.57. The predicted octanol–water partition coefficient (Wildman–Crippen LogP) is 3.66. The molecule has 0 saturated carbocycles. The smallest absolute Gasteiger partial charge is 0.124 e. The van der Waals surface area contributed by atoms with Crippen LogP contribution in [0.25, 0.3) is 11.6 Å². The minimum atomic E-state index is 0.194. The minimum Gasteiger partial charge on any atom is -0.494 e. The van der Waals surface area contributed by atoms with Crippen LogP contribution in [0.15, 0.2) is 55.1 Å². The molecule has 1 N–H and O–H groups in total. The summed E-state index contributed by atoms with van der Waals surface area (Å²) in [5.74, 6) is 0.943. The zero-order valence-electron chi connectivity index (χ0n) is 19.8. The summed E-state index contributed by atoms with van der Waals surface area (Å²) >= 11 is 0. The Morgan fingerprint density at radius 1 is 1.19 bits per heavy atom. The zero-order valence-corrected chi connectivity index (χ0v) is 19.8. The standard InChI is InChI=1S/C27H38N2O2/c1-7-23-12-10-11-13-26(23)25(8-2)22(5)28-16-17-29(18-19-30-6)24-15-14-21(4)27(20-24)31-9-3/h7-8,10-15,20,22,28H,2,9,16-19H2,1,3-6H3/b23-7-,26-25+. The first-order valence-electron chi connectivity index (χ1n) is 11.1. The topological polar surface area (TPSA) is 33.7 Å². The number of hydrogen-bond donors (Lipinski definition) is 1. The van der Waals surface area contributed by atoms with E-state index < -0.39 is 0 Å². The first-order valence-corrected chi connectivity index (χ1v) is 11.1. The third-order valence-electron chi connectivity index (χ3n) is 5.50. The van der Waals surface area contributed by atoms with Gasteiger partial charge < -0.3 is 19.7 Å². The summed E-state index contributed by atoms with van der Waals surface area (Å²) in [4.78, 5) is 2.34. The number of anilines is 1. The Kier molecular flexibility index (Phi) is 10.3. The van der Waals surface area contributed by atoms with Gasteiger partial charge in [-0.2, -0.15) is 0 Å². The molecule has 0 radical (unpaired) electrons. The molecule has 0 heterocycles. The van der Waals surface area contributed by atoms with E-state index in [1.807, 2.05) is 13.0 Å². The average molecular weight is 423 g/mol. The van der Waals surface area contributed by atoms with Crippen LogP contribution >= 0.6 is 0 Å². The van der Waals surface area contributed by atoms with E-state index in [0.717, 1.165) is 36.6 Å². The van der Waals surface area contributed by atoms with Crippen molar-refractivity contribution in [3.63, 3.8) is 0 Å².